The maximum Gasteiger partial charge on any atom is 0.251 e. The number of nitrogens with one attached hydrogen (secondary N) is 1. The Morgan fingerprint density at radius 2 is 1.58 bits per heavy atom. The van der Waals surface area contributed by atoms with E-state index in [2.05, 4.69) is 5.32 Å². The number of carbonyl (C=O) groups is 2. The van der Waals surface area contributed by atoms with E-state index in [-0.39, 0.29) is 24.3 Å². The molecule has 0 unspecified atom stereocenters. The third-order valence-corrected chi connectivity index (χ3v) is 5.39. The number of methoxy groups -OCH3 is 2. The van der Waals surface area contributed by atoms with Crippen molar-refractivity contribution in [1.82, 2.24) is 5.32 Å². The quantitative estimate of drug-likeness (QED) is 0.662. The highest BCUT2D eigenvalue weighted by Crippen LogP contribution is 2.33. The van der Waals surface area contributed by atoms with Crippen molar-refractivity contribution < 1.29 is 19.1 Å². The lowest BCUT2D eigenvalue weighted by atomic mass is 10.0. The number of nitrogens with zero attached hydrogens (tertiary/aromatic N) is 1. The van der Waals surface area contributed by atoms with Crippen molar-refractivity contribution in [2.24, 2.45) is 0 Å². The molecular formula is C25H24N2O4. The van der Waals surface area contributed by atoms with E-state index in [0.717, 1.165) is 11.1 Å². The van der Waals surface area contributed by atoms with Gasteiger partial charge in [0, 0.05) is 30.3 Å². The van der Waals surface area contributed by atoms with Crippen LogP contribution >= 0.6 is 0 Å². The van der Waals surface area contributed by atoms with Gasteiger partial charge < -0.3 is 19.7 Å². The second-order valence-corrected chi connectivity index (χ2v) is 7.36. The minimum atomic E-state index is -0.262. The molecule has 0 aliphatic carbocycles. The fourth-order valence-corrected chi connectivity index (χ4v) is 3.76. The average molecular weight is 416 g/mol. The number of rotatable bonds is 6. The molecular weight excluding hydrogens is 392 g/mol. The van der Waals surface area contributed by atoms with Gasteiger partial charge in [-0.05, 0) is 35.4 Å². The van der Waals surface area contributed by atoms with Crippen LogP contribution in [0.5, 0.6) is 11.5 Å². The summed E-state index contributed by atoms with van der Waals surface area (Å²) >= 11 is 0. The van der Waals surface area contributed by atoms with Crippen LogP contribution in [0.2, 0.25) is 0 Å². The number of hydrogen-bond donors (Lipinski definition) is 1. The Morgan fingerprint density at radius 1 is 0.903 bits per heavy atom. The molecule has 1 saturated heterocycles. The minimum absolute atomic E-state index is 0.0445. The Hall–Kier alpha value is -3.80. The van der Waals surface area contributed by atoms with Gasteiger partial charge in [-0.2, -0.15) is 0 Å². The number of anilines is 1. The van der Waals surface area contributed by atoms with Gasteiger partial charge in [-0.3, -0.25) is 9.59 Å². The monoisotopic (exact) mass is 416 g/mol. The van der Waals surface area contributed by atoms with Crippen molar-refractivity contribution in [2.45, 2.75) is 12.5 Å². The van der Waals surface area contributed by atoms with Crippen molar-refractivity contribution in [2.75, 3.05) is 25.7 Å². The lowest BCUT2D eigenvalue weighted by molar-refractivity contribution is -0.117. The second-order valence-electron chi connectivity index (χ2n) is 7.36. The summed E-state index contributed by atoms with van der Waals surface area (Å²) in [5.74, 6) is 0.920. The Morgan fingerprint density at radius 3 is 2.26 bits per heavy atom. The predicted molar refractivity (Wildman–Crippen MR) is 120 cm³/mol. The van der Waals surface area contributed by atoms with Gasteiger partial charge in [0.25, 0.3) is 5.91 Å². The Labute approximate surface area is 181 Å². The van der Waals surface area contributed by atoms with Gasteiger partial charge in [0.1, 0.15) is 0 Å². The number of carbonyl (C=O) groups excluding carboxylic acids is 2. The van der Waals surface area contributed by atoms with Crippen LogP contribution < -0.4 is 19.7 Å². The van der Waals surface area contributed by atoms with E-state index < -0.39 is 0 Å². The van der Waals surface area contributed by atoms with Gasteiger partial charge in [-0.25, -0.2) is 0 Å². The third kappa shape index (κ3) is 4.38. The molecule has 4 rings (SSSR count). The molecule has 1 heterocycles. The number of hydrogen-bond acceptors (Lipinski definition) is 4. The van der Waals surface area contributed by atoms with E-state index in [1.165, 1.54) is 0 Å². The molecule has 1 aliphatic heterocycles. The Bertz CT molecular complexity index is 1080. The first kappa shape index (κ1) is 20.5. The highest BCUT2D eigenvalue weighted by Gasteiger charge is 2.32. The summed E-state index contributed by atoms with van der Waals surface area (Å²) in [6.07, 6.45) is 0.252. The number of benzene rings is 3. The molecule has 6 heteroatoms. The topological polar surface area (TPSA) is 67.9 Å². The lowest BCUT2D eigenvalue weighted by Gasteiger charge is -2.19. The molecule has 3 aromatic carbocycles. The molecule has 0 saturated carbocycles. The van der Waals surface area contributed by atoms with Gasteiger partial charge in [-0.15, -0.1) is 0 Å². The fraction of sp³-hybridized carbons (Fsp3) is 0.200. The summed E-state index contributed by atoms with van der Waals surface area (Å²) in [5, 5.41) is 2.98. The highest BCUT2D eigenvalue weighted by molar-refractivity contribution is 5.99. The zero-order valence-corrected chi connectivity index (χ0v) is 17.5. The molecule has 1 aliphatic rings. The molecule has 0 spiro atoms. The van der Waals surface area contributed by atoms with Crippen molar-refractivity contribution in [3.8, 4) is 22.6 Å². The van der Waals surface area contributed by atoms with Gasteiger partial charge in [0.15, 0.2) is 11.5 Å². The van der Waals surface area contributed by atoms with Crippen molar-refractivity contribution in [3.05, 3.63) is 78.4 Å². The summed E-state index contributed by atoms with van der Waals surface area (Å²) in [4.78, 5) is 26.9. The largest absolute Gasteiger partial charge is 0.493 e. The first-order valence-corrected chi connectivity index (χ1v) is 10.1. The summed E-state index contributed by atoms with van der Waals surface area (Å²) in [6, 6.07) is 22.6. The molecule has 2 amide bonds. The second kappa shape index (κ2) is 8.92. The maximum atomic E-state index is 12.7. The zero-order chi connectivity index (χ0) is 21.8. The molecule has 158 valence electrons. The van der Waals surface area contributed by atoms with Crippen LogP contribution in [-0.4, -0.2) is 38.6 Å². The van der Waals surface area contributed by atoms with Gasteiger partial charge in [0.05, 0.1) is 20.3 Å². The molecule has 1 N–H and O–H groups in total. The van der Waals surface area contributed by atoms with E-state index in [1.54, 1.807) is 43.4 Å². The standard InChI is InChI=1S/C25H24N2O4/c1-30-22-13-12-21(15-23(22)31-2)27-16-20(14-24(27)28)26-25(29)19-10-8-18(9-11-19)17-6-4-3-5-7-17/h3-13,15,20H,14,16H2,1-2H3,(H,26,29)/t20-/m0/s1. The van der Waals surface area contributed by atoms with Gasteiger partial charge in [-0.1, -0.05) is 42.5 Å². The first-order valence-electron chi connectivity index (χ1n) is 10.1. The van der Waals surface area contributed by atoms with Gasteiger partial charge >= 0.3 is 0 Å². The molecule has 0 radical (unpaired) electrons. The molecule has 1 atom stereocenters. The molecule has 1 fully saturated rings. The normalized spacial score (nSPS) is 15.6. The summed E-state index contributed by atoms with van der Waals surface area (Å²) in [7, 11) is 3.12. The molecule has 0 bridgehead atoms. The third-order valence-electron chi connectivity index (χ3n) is 5.39. The van der Waals surface area contributed by atoms with Gasteiger partial charge in [0.2, 0.25) is 5.91 Å². The molecule has 3 aromatic rings. The predicted octanol–water partition coefficient (Wildman–Crippen LogP) is 3.91. The highest BCUT2D eigenvalue weighted by atomic mass is 16.5. The van der Waals surface area contributed by atoms with E-state index in [4.69, 9.17) is 9.47 Å². The summed E-state index contributed by atoms with van der Waals surface area (Å²) in [5.41, 5.74) is 3.43. The summed E-state index contributed by atoms with van der Waals surface area (Å²) < 4.78 is 10.6. The van der Waals surface area contributed by atoms with E-state index in [1.807, 2.05) is 48.5 Å². The van der Waals surface area contributed by atoms with Crippen LogP contribution in [0.4, 0.5) is 5.69 Å². The van der Waals surface area contributed by atoms with Crippen molar-refractivity contribution in [3.63, 3.8) is 0 Å². The Kier molecular flexibility index (Phi) is 5.89. The van der Waals surface area contributed by atoms with Crippen LogP contribution in [-0.2, 0) is 4.79 Å². The zero-order valence-electron chi connectivity index (χ0n) is 17.5. The smallest absolute Gasteiger partial charge is 0.251 e. The minimum Gasteiger partial charge on any atom is -0.493 e. The van der Waals surface area contributed by atoms with Crippen LogP contribution in [0.15, 0.2) is 72.8 Å². The average Bonchev–Trinajstić information content (AvgIpc) is 3.19. The van der Waals surface area contributed by atoms with Crippen LogP contribution in [0, 0.1) is 0 Å². The van der Waals surface area contributed by atoms with Crippen LogP contribution in [0.3, 0.4) is 0 Å². The van der Waals surface area contributed by atoms with E-state index >= 15 is 0 Å². The fourth-order valence-electron chi connectivity index (χ4n) is 3.76. The first-order chi connectivity index (χ1) is 15.1. The molecule has 0 aromatic heterocycles. The lowest BCUT2D eigenvalue weighted by Crippen LogP contribution is -2.37. The SMILES string of the molecule is COc1ccc(N2C[C@@H](NC(=O)c3ccc(-c4ccccc4)cc3)CC2=O)cc1OC. The maximum absolute atomic E-state index is 12.7. The summed E-state index contributed by atoms with van der Waals surface area (Å²) in [6.45, 7) is 0.405. The number of ether oxygens (including phenoxy) is 2. The van der Waals surface area contributed by atoms with Crippen molar-refractivity contribution in [1.29, 1.82) is 0 Å². The van der Waals surface area contributed by atoms with E-state index in [9.17, 15) is 9.59 Å². The van der Waals surface area contributed by atoms with Crippen LogP contribution in [0.1, 0.15) is 16.8 Å². The van der Waals surface area contributed by atoms with Crippen molar-refractivity contribution >= 4 is 17.5 Å². The molecule has 31 heavy (non-hydrogen) atoms. The van der Waals surface area contributed by atoms with E-state index in [0.29, 0.717) is 29.3 Å². The van der Waals surface area contributed by atoms with Crippen LogP contribution in [0.25, 0.3) is 11.1 Å². The molecule has 6 nitrogen and oxygen atoms in total. The Balaban J connectivity index is 1.42. The number of amides is 2.